The van der Waals surface area contributed by atoms with Gasteiger partial charge in [-0.2, -0.15) is 0 Å². The third-order valence-corrected chi connectivity index (χ3v) is 5.05. The van der Waals surface area contributed by atoms with Gasteiger partial charge in [0.2, 0.25) is 0 Å². The summed E-state index contributed by atoms with van der Waals surface area (Å²) < 4.78 is 16.2. The monoisotopic (exact) mass is 547 g/mol. The molecule has 0 aliphatic carbocycles. The Morgan fingerprint density at radius 2 is 2.10 bits per heavy atom. The lowest BCUT2D eigenvalue weighted by Crippen LogP contribution is -2.37. The number of nitrogens with one attached hydrogen (secondary N) is 2. The number of carbonyl (C=O) groups is 1. The number of hydrogen-bond donors (Lipinski definition) is 2. The van der Waals surface area contributed by atoms with Crippen molar-refractivity contribution < 1.29 is 19.0 Å². The molecule has 0 bridgehead atoms. The molecule has 1 saturated heterocycles. The van der Waals surface area contributed by atoms with Crippen molar-refractivity contribution in [2.24, 2.45) is 10.9 Å². The molecule has 0 spiro atoms. The summed E-state index contributed by atoms with van der Waals surface area (Å²) in [6, 6.07) is 6.27. The summed E-state index contributed by atoms with van der Waals surface area (Å²) in [5.41, 5.74) is 2.26. The number of benzene rings is 1. The van der Waals surface area contributed by atoms with Crippen LogP contribution in [0.5, 0.6) is 5.75 Å². The Bertz CT molecular complexity index is 679. The Hall–Kier alpha value is -1.55. The van der Waals surface area contributed by atoms with Crippen LogP contribution in [0.3, 0.4) is 0 Å². The first kappa shape index (κ1) is 27.5. The molecule has 0 radical (unpaired) electrons. The predicted octanol–water partition coefficient (Wildman–Crippen LogP) is 3.82. The van der Waals surface area contributed by atoms with Crippen LogP contribution in [0.15, 0.2) is 23.2 Å². The van der Waals surface area contributed by atoms with E-state index in [4.69, 9.17) is 14.5 Å². The van der Waals surface area contributed by atoms with Gasteiger partial charge in [-0.15, -0.1) is 24.0 Å². The van der Waals surface area contributed by atoms with Crippen LogP contribution >= 0.6 is 24.0 Å². The van der Waals surface area contributed by atoms with Gasteiger partial charge < -0.3 is 24.8 Å². The lowest BCUT2D eigenvalue weighted by atomic mass is 10.1. The summed E-state index contributed by atoms with van der Waals surface area (Å²) >= 11 is 0. The fraction of sp³-hybridized carbons (Fsp3) is 0.652. The average molecular weight is 547 g/mol. The Labute approximate surface area is 203 Å². The summed E-state index contributed by atoms with van der Waals surface area (Å²) in [6.45, 7) is 8.59. The van der Waals surface area contributed by atoms with Gasteiger partial charge >= 0.3 is 5.97 Å². The van der Waals surface area contributed by atoms with E-state index >= 15 is 0 Å². The highest BCUT2D eigenvalue weighted by molar-refractivity contribution is 14.0. The highest BCUT2D eigenvalue weighted by atomic mass is 127. The molecular formula is C23H38IN3O4. The van der Waals surface area contributed by atoms with Crippen molar-refractivity contribution in [2.75, 3.05) is 40.0 Å². The summed E-state index contributed by atoms with van der Waals surface area (Å²) in [5.74, 6) is 2.03. The van der Waals surface area contributed by atoms with Crippen molar-refractivity contribution in [3.8, 4) is 5.75 Å². The molecule has 1 unspecified atom stereocenters. The van der Waals surface area contributed by atoms with Gasteiger partial charge in [0.05, 0.1) is 26.9 Å². The van der Waals surface area contributed by atoms with Crippen LogP contribution < -0.4 is 15.4 Å². The molecule has 8 heteroatoms. The fourth-order valence-electron chi connectivity index (χ4n) is 3.24. The second-order valence-electron chi connectivity index (χ2n) is 7.66. The summed E-state index contributed by atoms with van der Waals surface area (Å²) in [5, 5.41) is 6.65. The molecule has 176 valence electrons. The Morgan fingerprint density at radius 1 is 1.26 bits per heavy atom. The van der Waals surface area contributed by atoms with Crippen LogP contribution in [-0.4, -0.2) is 51.9 Å². The zero-order valence-electron chi connectivity index (χ0n) is 19.1. The van der Waals surface area contributed by atoms with E-state index in [1.807, 2.05) is 0 Å². The van der Waals surface area contributed by atoms with Crippen molar-refractivity contribution in [1.82, 2.24) is 10.6 Å². The van der Waals surface area contributed by atoms with Gasteiger partial charge in [-0.25, -0.2) is 4.99 Å². The molecular weight excluding hydrogens is 509 g/mol. The third kappa shape index (κ3) is 11.0. The summed E-state index contributed by atoms with van der Waals surface area (Å²) in [7, 11) is 1.43. The molecule has 2 N–H and O–H groups in total. The summed E-state index contributed by atoms with van der Waals surface area (Å²) in [4.78, 5) is 15.9. The Kier molecular flexibility index (Phi) is 14.3. The topological polar surface area (TPSA) is 81.2 Å². The number of aryl methyl sites for hydroxylation is 1. The van der Waals surface area contributed by atoms with Gasteiger partial charge in [-0.3, -0.25) is 4.79 Å². The molecule has 0 amide bonds. The van der Waals surface area contributed by atoms with Gasteiger partial charge in [0.25, 0.3) is 0 Å². The zero-order chi connectivity index (χ0) is 21.6. The molecule has 1 aliphatic rings. The van der Waals surface area contributed by atoms with Crippen LogP contribution in [0.25, 0.3) is 0 Å². The van der Waals surface area contributed by atoms with Crippen LogP contribution in [0.2, 0.25) is 0 Å². The maximum absolute atomic E-state index is 11.1. The SMILES string of the molecule is CCNC(=NCc1ccc(C)cc1OCC1CCOC1)NCCCCCC(=O)OC.I. The Balaban J connectivity index is 0.00000480. The zero-order valence-corrected chi connectivity index (χ0v) is 21.4. The van der Waals surface area contributed by atoms with E-state index in [0.717, 1.165) is 69.3 Å². The lowest BCUT2D eigenvalue weighted by Gasteiger charge is -2.15. The van der Waals surface area contributed by atoms with Crippen molar-refractivity contribution >= 4 is 35.9 Å². The number of methoxy groups -OCH3 is 1. The minimum Gasteiger partial charge on any atom is -0.493 e. The molecule has 31 heavy (non-hydrogen) atoms. The van der Waals surface area contributed by atoms with Crippen molar-refractivity contribution in [2.45, 2.75) is 52.5 Å². The summed E-state index contributed by atoms with van der Waals surface area (Å²) in [6.07, 6.45) is 4.34. The smallest absolute Gasteiger partial charge is 0.305 e. The highest BCUT2D eigenvalue weighted by Crippen LogP contribution is 2.23. The van der Waals surface area contributed by atoms with E-state index in [9.17, 15) is 4.79 Å². The molecule has 1 aromatic rings. The van der Waals surface area contributed by atoms with Crippen LogP contribution in [0.4, 0.5) is 0 Å². The maximum Gasteiger partial charge on any atom is 0.305 e. The van der Waals surface area contributed by atoms with E-state index < -0.39 is 0 Å². The minimum absolute atomic E-state index is 0. The lowest BCUT2D eigenvalue weighted by molar-refractivity contribution is -0.140. The molecule has 1 heterocycles. The number of ether oxygens (including phenoxy) is 3. The van der Waals surface area contributed by atoms with Gasteiger partial charge in [-0.05, 0) is 44.7 Å². The standard InChI is InChI=1S/C23H37N3O4.HI/c1-4-24-23(25-12-7-5-6-8-22(27)28-3)26-15-20-10-9-18(2)14-21(20)30-17-19-11-13-29-16-19;/h9-10,14,19H,4-8,11-13,15-17H2,1-3H3,(H2,24,25,26);1H. The molecule has 1 fully saturated rings. The van der Waals surface area contributed by atoms with E-state index in [1.165, 1.54) is 12.7 Å². The van der Waals surface area contributed by atoms with Crippen molar-refractivity contribution in [3.05, 3.63) is 29.3 Å². The number of carbonyl (C=O) groups excluding carboxylic acids is 1. The fourth-order valence-corrected chi connectivity index (χ4v) is 3.24. The first-order chi connectivity index (χ1) is 14.6. The molecule has 0 aromatic heterocycles. The van der Waals surface area contributed by atoms with Gasteiger partial charge in [-0.1, -0.05) is 18.6 Å². The molecule has 1 aliphatic heterocycles. The molecule has 1 aromatic carbocycles. The predicted molar refractivity (Wildman–Crippen MR) is 134 cm³/mol. The molecule has 0 saturated carbocycles. The molecule has 2 rings (SSSR count). The number of guanidine groups is 1. The van der Waals surface area contributed by atoms with E-state index in [2.05, 4.69) is 47.4 Å². The van der Waals surface area contributed by atoms with E-state index in [-0.39, 0.29) is 29.9 Å². The average Bonchev–Trinajstić information content (AvgIpc) is 3.27. The first-order valence-corrected chi connectivity index (χ1v) is 11.0. The van der Waals surface area contributed by atoms with Crippen LogP contribution in [0.1, 0.15) is 50.2 Å². The quantitative estimate of drug-likeness (QED) is 0.136. The van der Waals surface area contributed by atoms with Crippen molar-refractivity contribution in [1.29, 1.82) is 0 Å². The van der Waals surface area contributed by atoms with Crippen LogP contribution in [0, 0.1) is 12.8 Å². The minimum atomic E-state index is -0.144. The largest absolute Gasteiger partial charge is 0.493 e. The number of hydrogen-bond acceptors (Lipinski definition) is 5. The van der Waals surface area contributed by atoms with E-state index in [0.29, 0.717) is 25.5 Å². The number of unbranched alkanes of at least 4 members (excludes halogenated alkanes) is 2. The number of rotatable bonds is 12. The van der Waals surface area contributed by atoms with Crippen molar-refractivity contribution in [3.63, 3.8) is 0 Å². The van der Waals surface area contributed by atoms with Crippen LogP contribution in [-0.2, 0) is 20.8 Å². The normalized spacial score (nSPS) is 15.8. The highest BCUT2D eigenvalue weighted by Gasteiger charge is 2.17. The first-order valence-electron chi connectivity index (χ1n) is 11.0. The maximum atomic E-state index is 11.1. The molecule has 1 atom stereocenters. The third-order valence-electron chi connectivity index (χ3n) is 5.05. The molecule has 7 nitrogen and oxygen atoms in total. The number of halogens is 1. The second-order valence-corrected chi connectivity index (χ2v) is 7.66. The number of nitrogens with zero attached hydrogens (tertiary/aromatic N) is 1. The van der Waals surface area contributed by atoms with Gasteiger partial charge in [0.15, 0.2) is 5.96 Å². The number of esters is 1. The van der Waals surface area contributed by atoms with E-state index in [1.54, 1.807) is 0 Å². The van der Waals surface area contributed by atoms with Gasteiger partial charge in [0, 0.05) is 37.6 Å². The Morgan fingerprint density at radius 3 is 2.81 bits per heavy atom. The van der Waals surface area contributed by atoms with Gasteiger partial charge in [0.1, 0.15) is 5.75 Å². The second kappa shape index (κ2) is 16.1. The number of aliphatic imine (C=N–C) groups is 1.